The van der Waals surface area contributed by atoms with Crippen molar-refractivity contribution in [2.75, 3.05) is 13.6 Å². The Morgan fingerprint density at radius 2 is 2.29 bits per heavy atom. The number of rotatable bonds is 3. The van der Waals surface area contributed by atoms with Gasteiger partial charge in [0.15, 0.2) is 0 Å². The fourth-order valence-electron chi connectivity index (χ4n) is 2.73. The molecule has 1 N–H and O–H groups in total. The van der Waals surface area contributed by atoms with Crippen LogP contribution in [0.15, 0.2) is 24.5 Å². The van der Waals surface area contributed by atoms with Crippen LogP contribution in [0.2, 0.25) is 0 Å². The molecule has 2 unspecified atom stereocenters. The summed E-state index contributed by atoms with van der Waals surface area (Å²) in [4.78, 5) is 30.9. The van der Waals surface area contributed by atoms with E-state index in [4.69, 9.17) is 5.11 Å². The highest BCUT2D eigenvalue weighted by atomic mass is 16.4. The first-order chi connectivity index (χ1) is 9.99. The Morgan fingerprint density at radius 3 is 2.86 bits per heavy atom. The highest BCUT2D eigenvalue weighted by molar-refractivity contribution is 5.75. The SMILES string of the molecule is CC1CC(C(=O)O)CCN1C(=O)N(C)Cc1cccnc1. The summed E-state index contributed by atoms with van der Waals surface area (Å²) in [6, 6.07) is 3.66. The number of pyridine rings is 1. The van der Waals surface area contributed by atoms with Gasteiger partial charge in [-0.25, -0.2) is 4.79 Å². The number of hydrogen-bond donors (Lipinski definition) is 1. The lowest BCUT2D eigenvalue weighted by Gasteiger charge is -2.38. The van der Waals surface area contributed by atoms with E-state index in [0.717, 1.165) is 5.56 Å². The molecule has 1 saturated heterocycles. The third-order valence-electron chi connectivity index (χ3n) is 3.94. The minimum absolute atomic E-state index is 0.0521. The predicted octanol–water partition coefficient (Wildman–Crippen LogP) is 1.82. The highest BCUT2D eigenvalue weighted by Crippen LogP contribution is 2.24. The molecule has 1 aliphatic heterocycles. The second-order valence-corrected chi connectivity index (χ2v) is 5.60. The van der Waals surface area contributed by atoms with Crippen LogP contribution in [-0.2, 0) is 11.3 Å². The Morgan fingerprint density at radius 1 is 1.52 bits per heavy atom. The molecule has 114 valence electrons. The van der Waals surface area contributed by atoms with E-state index in [9.17, 15) is 9.59 Å². The lowest BCUT2D eigenvalue weighted by molar-refractivity contribution is -0.143. The van der Waals surface area contributed by atoms with Crippen LogP contribution in [0, 0.1) is 5.92 Å². The Labute approximate surface area is 124 Å². The van der Waals surface area contributed by atoms with Gasteiger partial charge in [0.25, 0.3) is 0 Å². The van der Waals surface area contributed by atoms with E-state index in [-0.39, 0.29) is 18.0 Å². The van der Waals surface area contributed by atoms with Gasteiger partial charge in [-0.2, -0.15) is 0 Å². The van der Waals surface area contributed by atoms with Crippen molar-refractivity contribution in [3.05, 3.63) is 30.1 Å². The van der Waals surface area contributed by atoms with Gasteiger partial charge in [-0.05, 0) is 31.4 Å². The van der Waals surface area contributed by atoms with Crippen molar-refractivity contribution in [1.29, 1.82) is 0 Å². The summed E-state index contributed by atoms with van der Waals surface area (Å²) in [5.41, 5.74) is 0.974. The van der Waals surface area contributed by atoms with Gasteiger partial charge in [-0.3, -0.25) is 9.78 Å². The summed E-state index contributed by atoms with van der Waals surface area (Å²) >= 11 is 0. The van der Waals surface area contributed by atoms with Gasteiger partial charge in [0.1, 0.15) is 0 Å². The summed E-state index contributed by atoms with van der Waals surface area (Å²) in [6.45, 7) is 2.90. The zero-order chi connectivity index (χ0) is 15.4. The van der Waals surface area contributed by atoms with Crippen molar-refractivity contribution in [1.82, 2.24) is 14.8 Å². The van der Waals surface area contributed by atoms with Gasteiger partial charge in [-0.1, -0.05) is 6.07 Å². The number of aliphatic carboxylic acids is 1. The largest absolute Gasteiger partial charge is 0.481 e. The van der Waals surface area contributed by atoms with Crippen molar-refractivity contribution in [2.45, 2.75) is 32.4 Å². The smallest absolute Gasteiger partial charge is 0.320 e. The number of carbonyl (C=O) groups excluding carboxylic acids is 1. The number of amides is 2. The van der Waals surface area contributed by atoms with Crippen LogP contribution < -0.4 is 0 Å². The van der Waals surface area contributed by atoms with Gasteiger partial charge in [0, 0.05) is 38.6 Å². The molecule has 0 bridgehead atoms. The highest BCUT2D eigenvalue weighted by Gasteiger charge is 2.33. The number of nitrogens with zero attached hydrogens (tertiary/aromatic N) is 3. The van der Waals surface area contributed by atoms with E-state index >= 15 is 0 Å². The van der Waals surface area contributed by atoms with Crippen LogP contribution in [0.5, 0.6) is 0 Å². The molecule has 2 rings (SSSR count). The molecule has 2 heterocycles. The van der Waals surface area contributed by atoms with Crippen molar-refractivity contribution in [3.63, 3.8) is 0 Å². The Hall–Kier alpha value is -2.11. The van der Waals surface area contributed by atoms with Crippen LogP contribution in [0.1, 0.15) is 25.3 Å². The van der Waals surface area contributed by atoms with Crippen LogP contribution in [0.25, 0.3) is 0 Å². The molecule has 6 nitrogen and oxygen atoms in total. The fourth-order valence-corrected chi connectivity index (χ4v) is 2.73. The van der Waals surface area contributed by atoms with Crippen LogP contribution in [0.3, 0.4) is 0 Å². The third-order valence-corrected chi connectivity index (χ3v) is 3.94. The molecule has 2 amide bonds. The lowest BCUT2D eigenvalue weighted by atomic mass is 9.92. The molecule has 1 aliphatic rings. The third kappa shape index (κ3) is 3.71. The van der Waals surface area contributed by atoms with Crippen LogP contribution in [-0.4, -0.2) is 51.5 Å². The number of piperidine rings is 1. The summed E-state index contributed by atoms with van der Waals surface area (Å²) in [5.74, 6) is -1.11. The number of aromatic nitrogens is 1. The molecule has 2 atom stereocenters. The fraction of sp³-hybridized carbons (Fsp3) is 0.533. The van der Waals surface area contributed by atoms with Crippen LogP contribution in [0.4, 0.5) is 4.79 Å². The second kappa shape index (κ2) is 6.56. The number of urea groups is 1. The van der Waals surface area contributed by atoms with E-state index in [1.165, 1.54) is 0 Å². The number of hydrogen-bond acceptors (Lipinski definition) is 3. The number of likely N-dealkylation sites (tertiary alicyclic amines) is 1. The molecule has 0 aliphatic carbocycles. The first kappa shape index (κ1) is 15.3. The normalized spacial score (nSPS) is 21.9. The quantitative estimate of drug-likeness (QED) is 0.922. The molecule has 0 spiro atoms. The van der Waals surface area contributed by atoms with Gasteiger partial charge in [-0.15, -0.1) is 0 Å². The van der Waals surface area contributed by atoms with E-state index in [2.05, 4.69) is 4.98 Å². The van der Waals surface area contributed by atoms with E-state index < -0.39 is 5.97 Å². The lowest BCUT2D eigenvalue weighted by Crippen LogP contribution is -2.50. The first-order valence-electron chi connectivity index (χ1n) is 7.12. The molecular formula is C15H21N3O3. The van der Waals surface area contributed by atoms with Gasteiger partial charge >= 0.3 is 12.0 Å². The molecule has 6 heteroatoms. The molecule has 1 fully saturated rings. The van der Waals surface area contributed by atoms with E-state index in [0.29, 0.717) is 25.9 Å². The Balaban J connectivity index is 1.95. The topological polar surface area (TPSA) is 73.7 Å². The predicted molar refractivity (Wildman–Crippen MR) is 77.6 cm³/mol. The average molecular weight is 291 g/mol. The van der Waals surface area contributed by atoms with Crippen molar-refractivity contribution < 1.29 is 14.7 Å². The molecular weight excluding hydrogens is 270 g/mol. The number of carboxylic acids is 1. The van der Waals surface area contributed by atoms with Gasteiger partial charge in [0.05, 0.1) is 5.92 Å². The maximum absolute atomic E-state index is 12.5. The molecule has 1 aromatic heterocycles. The zero-order valence-corrected chi connectivity index (χ0v) is 12.4. The molecule has 0 saturated carbocycles. The molecule has 21 heavy (non-hydrogen) atoms. The maximum atomic E-state index is 12.5. The minimum Gasteiger partial charge on any atom is -0.481 e. The minimum atomic E-state index is -0.766. The molecule has 0 radical (unpaired) electrons. The van der Waals surface area contributed by atoms with Crippen molar-refractivity contribution in [3.8, 4) is 0 Å². The van der Waals surface area contributed by atoms with E-state index in [1.54, 1.807) is 29.2 Å². The van der Waals surface area contributed by atoms with Crippen molar-refractivity contribution in [2.24, 2.45) is 5.92 Å². The molecule has 0 aromatic carbocycles. The molecule has 1 aromatic rings. The second-order valence-electron chi connectivity index (χ2n) is 5.60. The monoisotopic (exact) mass is 291 g/mol. The van der Waals surface area contributed by atoms with E-state index in [1.807, 2.05) is 19.1 Å². The summed E-state index contributed by atoms with van der Waals surface area (Å²) in [7, 11) is 1.76. The summed E-state index contributed by atoms with van der Waals surface area (Å²) < 4.78 is 0. The van der Waals surface area contributed by atoms with Crippen molar-refractivity contribution >= 4 is 12.0 Å². The first-order valence-corrected chi connectivity index (χ1v) is 7.12. The number of carbonyl (C=O) groups is 2. The van der Waals surface area contributed by atoms with Gasteiger partial charge in [0.2, 0.25) is 0 Å². The Bertz CT molecular complexity index is 506. The van der Waals surface area contributed by atoms with Gasteiger partial charge < -0.3 is 14.9 Å². The average Bonchev–Trinajstić information content (AvgIpc) is 2.47. The summed E-state index contributed by atoms with van der Waals surface area (Å²) in [6.07, 6.45) is 4.47. The Kier molecular flexibility index (Phi) is 4.77. The zero-order valence-electron chi connectivity index (χ0n) is 12.4. The number of carboxylic acid groups (broad SMARTS) is 1. The maximum Gasteiger partial charge on any atom is 0.320 e. The standard InChI is InChI=1S/C15H21N3O3/c1-11-8-13(14(19)20)5-7-18(11)15(21)17(2)10-12-4-3-6-16-9-12/h3-4,6,9,11,13H,5,7-8,10H2,1-2H3,(H,19,20). The van der Waals surface area contributed by atoms with Crippen LogP contribution >= 0.6 is 0 Å². The summed E-state index contributed by atoms with van der Waals surface area (Å²) in [5, 5.41) is 9.06.